The highest BCUT2D eigenvalue weighted by atomic mass is 16.1. The normalized spacial score (nSPS) is 19.1. The van der Waals surface area contributed by atoms with Crippen LogP contribution < -0.4 is 10.5 Å². The Hall–Kier alpha value is -2.60. The second kappa shape index (κ2) is 7.67. The van der Waals surface area contributed by atoms with Crippen molar-refractivity contribution in [3.63, 3.8) is 0 Å². The van der Waals surface area contributed by atoms with Crippen LogP contribution in [0.5, 0.6) is 0 Å². The standard InChI is InChI=1S/C23H29N5O/c1-26-11-13-27(14-12-26)18-9-7-17(8-10-18)23-20-16-28(19-5-3-2-4-6-19)22(29)15-21(20)24-25-23/h7-10,15-16,19,24H,2-6,11-14H2,1H3. The Bertz CT molecular complexity index is 1040. The second-order valence-electron chi connectivity index (χ2n) is 8.55. The largest absolute Gasteiger partial charge is 0.369 e. The number of H-pyrrole nitrogens is 1. The molecule has 6 nitrogen and oxygen atoms in total. The van der Waals surface area contributed by atoms with E-state index >= 15 is 0 Å². The molecule has 1 saturated heterocycles. The number of aromatic amines is 1. The summed E-state index contributed by atoms with van der Waals surface area (Å²) in [5.74, 6) is 0. The van der Waals surface area contributed by atoms with E-state index in [-0.39, 0.29) is 5.56 Å². The molecule has 2 fully saturated rings. The third-order valence-electron chi connectivity index (χ3n) is 6.60. The van der Waals surface area contributed by atoms with E-state index in [0.717, 1.165) is 61.2 Å². The minimum Gasteiger partial charge on any atom is -0.369 e. The molecule has 2 aromatic heterocycles. The summed E-state index contributed by atoms with van der Waals surface area (Å²) in [7, 11) is 2.18. The average Bonchev–Trinajstić information content (AvgIpc) is 3.17. The molecule has 3 aromatic rings. The SMILES string of the molecule is CN1CCN(c2ccc(-c3n[nH]c4cc(=O)n(C5CCCCC5)cc34)cc2)CC1. The maximum Gasteiger partial charge on any atom is 0.252 e. The summed E-state index contributed by atoms with van der Waals surface area (Å²) in [6.07, 6.45) is 7.92. The fourth-order valence-corrected chi connectivity index (χ4v) is 4.76. The molecule has 1 aliphatic heterocycles. The van der Waals surface area contributed by atoms with Gasteiger partial charge in [-0.15, -0.1) is 0 Å². The number of nitrogens with zero attached hydrogens (tertiary/aromatic N) is 4. The Morgan fingerprint density at radius 3 is 2.45 bits per heavy atom. The van der Waals surface area contributed by atoms with Crippen molar-refractivity contribution in [2.45, 2.75) is 38.1 Å². The number of pyridine rings is 1. The molecule has 29 heavy (non-hydrogen) atoms. The first-order valence-electron chi connectivity index (χ1n) is 10.8. The number of likely N-dealkylation sites (N-methyl/N-ethyl adjacent to an activating group) is 1. The summed E-state index contributed by atoms with van der Waals surface area (Å²) in [5.41, 5.74) is 4.17. The van der Waals surface area contributed by atoms with E-state index in [1.165, 1.54) is 24.9 Å². The molecule has 0 bridgehead atoms. The third kappa shape index (κ3) is 3.57. The Morgan fingerprint density at radius 2 is 1.72 bits per heavy atom. The van der Waals surface area contributed by atoms with E-state index in [0.29, 0.717) is 6.04 Å². The number of anilines is 1. The number of fused-ring (bicyclic) bond motifs is 1. The van der Waals surface area contributed by atoms with Crippen molar-refractivity contribution >= 4 is 16.6 Å². The van der Waals surface area contributed by atoms with Crippen LogP contribution in [0.1, 0.15) is 38.1 Å². The molecule has 5 rings (SSSR count). The molecule has 1 aliphatic carbocycles. The summed E-state index contributed by atoms with van der Waals surface area (Å²) in [6.45, 7) is 4.33. The summed E-state index contributed by atoms with van der Waals surface area (Å²) in [6, 6.07) is 10.7. The molecule has 1 saturated carbocycles. The van der Waals surface area contributed by atoms with Gasteiger partial charge >= 0.3 is 0 Å². The van der Waals surface area contributed by atoms with Gasteiger partial charge in [0.15, 0.2) is 0 Å². The highest BCUT2D eigenvalue weighted by Crippen LogP contribution is 2.31. The third-order valence-corrected chi connectivity index (χ3v) is 6.60. The van der Waals surface area contributed by atoms with Gasteiger partial charge < -0.3 is 14.4 Å². The fraction of sp³-hybridized carbons (Fsp3) is 0.478. The molecule has 6 heteroatoms. The van der Waals surface area contributed by atoms with Crippen LogP contribution in [0.15, 0.2) is 41.3 Å². The second-order valence-corrected chi connectivity index (χ2v) is 8.55. The first-order valence-corrected chi connectivity index (χ1v) is 10.8. The van der Waals surface area contributed by atoms with Crippen LogP contribution in [0.2, 0.25) is 0 Å². The van der Waals surface area contributed by atoms with Gasteiger partial charge in [-0.1, -0.05) is 31.4 Å². The average molecular weight is 392 g/mol. The zero-order chi connectivity index (χ0) is 19.8. The van der Waals surface area contributed by atoms with E-state index in [2.05, 4.69) is 51.3 Å². The Kier molecular flexibility index (Phi) is 4.87. The molecule has 0 atom stereocenters. The monoisotopic (exact) mass is 391 g/mol. The van der Waals surface area contributed by atoms with Crippen LogP contribution in [0.25, 0.3) is 22.2 Å². The van der Waals surface area contributed by atoms with Crippen molar-refractivity contribution in [1.82, 2.24) is 19.7 Å². The molecule has 0 spiro atoms. The minimum atomic E-state index is 0.0741. The lowest BCUT2D eigenvalue weighted by Crippen LogP contribution is -2.44. The van der Waals surface area contributed by atoms with Gasteiger partial charge in [-0.2, -0.15) is 5.10 Å². The molecule has 1 aromatic carbocycles. The predicted octanol–water partition coefficient (Wildman–Crippen LogP) is 3.65. The minimum absolute atomic E-state index is 0.0741. The van der Waals surface area contributed by atoms with Gasteiger partial charge in [0.1, 0.15) is 5.69 Å². The van der Waals surface area contributed by atoms with Crippen LogP contribution in [0.3, 0.4) is 0 Å². The summed E-state index contributed by atoms with van der Waals surface area (Å²) in [4.78, 5) is 17.4. The molecule has 0 unspecified atom stereocenters. The number of aromatic nitrogens is 3. The molecule has 2 aliphatic rings. The maximum atomic E-state index is 12.6. The van der Waals surface area contributed by atoms with Crippen molar-refractivity contribution in [2.75, 3.05) is 38.1 Å². The lowest BCUT2D eigenvalue weighted by atomic mass is 9.95. The molecular weight excluding hydrogens is 362 g/mol. The predicted molar refractivity (Wildman–Crippen MR) is 118 cm³/mol. The van der Waals surface area contributed by atoms with Gasteiger partial charge in [0, 0.05) is 61.1 Å². The van der Waals surface area contributed by atoms with Crippen LogP contribution in [-0.4, -0.2) is 52.9 Å². The van der Waals surface area contributed by atoms with Crippen molar-refractivity contribution in [3.8, 4) is 11.3 Å². The quantitative estimate of drug-likeness (QED) is 0.740. The highest BCUT2D eigenvalue weighted by molar-refractivity contribution is 5.92. The lowest BCUT2D eigenvalue weighted by Gasteiger charge is -2.34. The maximum absolute atomic E-state index is 12.6. The van der Waals surface area contributed by atoms with Crippen LogP contribution in [-0.2, 0) is 0 Å². The smallest absolute Gasteiger partial charge is 0.252 e. The van der Waals surface area contributed by atoms with Crippen LogP contribution in [0.4, 0.5) is 5.69 Å². The fourth-order valence-electron chi connectivity index (χ4n) is 4.76. The van der Waals surface area contributed by atoms with E-state index < -0.39 is 0 Å². The number of hydrogen-bond acceptors (Lipinski definition) is 4. The van der Waals surface area contributed by atoms with Gasteiger partial charge in [0.2, 0.25) is 0 Å². The zero-order valence-electron chi connectivity index (χ0n) is 17.1. The summed E-state index contributed by atoms with van der Waals surface area (Å²) < 4.78 is 1.94. The van der Waals surface area contributed by atoms with E-state index in [4.69, 9.17) is 0 Å². The number of benzene rings is 1. The van der Waals surface area contributed by atoms with E-state index in [1.807, 2.05) is 10.8 Å². The summed E-state index contributed by atoms with van der Waals surface area (Å²) >= 11 is 0. The van der Waals surface area contributed by atoms with Crippen molar-refractivity contribution in [2.24, 2.45) is 0 Å². The van der Waals surface area contributed by atoms with Gasteiger partial charge in [-0.25, -0.2) is 0 Å². The van der Waals surface area contributed by atoms with E-state index in [1.54, 1.807) is 6.07 Å². The number of nitrogens with one attached hydrogen (secondary N) is 1. The Balaban J connectivity index is 1.46. The lowest BCUT2D eigenvalue weighted by molar-refractivity contribution is 0.313. The van der Waals surface area contributed by atoms with E-state index in [9.17, 15) is 4.79 Å². The first-order chi connectivity index (χ1) is 14.2. The Morgan fingerprint density at radius 1 is 1.00 bits per heavy atom. The van der Waals surface area contributed by atoms with Gasteiger partial charge in [0.25, 0.3) is 5.56 Å². The number of hydrogen-bond donors (Lipinski definition) is 1. The van der Waals surface area contributed by atoms with Crippen LogP contribution >= 0.6 is 0 Å². The highest BCUT2D eigenvalue weighted by Gasteiger charge is 2.19. The Labute approximate surface area is 171 Å². The zero-order valence-corrected chi connectivity index (χ0v) is 17.1. The van der Waals surface area contributed by atoms with Crippen molar-refractivity contribution in [3.05, 3.63) is 46.9 Å². The topological polar surface area (TPSA) is 57.2 Å². The molecule has 1 N–H and O–H groups in total. The van der Waals surface area contributed by atoms with Gasteiger partial charge in [0.05, 0.1) is 5.52 Å². The molecule has 3 heterocycles. The van der Waals surface area contributed by atoms with Crippen LogP contribution in [0, 0.1) is 0 Å². The van der Waals surface area contributed by atoms with Crippen molar-refractivity contribution in [1.29, 1.82) is 0 Å². The molecule has 0 amide bonds. The number of rotatable bonds is 3. The molecule has 152 valence electrons. The van der Waals surface area contributed by atoms with Gasteiger partial charge in [-0.3, -0.25) is 9.89 Å². The summed E-state index contributed by atoms with van der Waals surface area (Å²) in [5, 5.41) is 8.64. The van der Waals surface area contributed by atoms with Gasteiger partial charge in [-0.05, 0) is 32.0 Å². The first kappa shape index (κ1) is 18.4. The van der Waals surface area contributed by atoms with Crippen molar-refractivity contribution < 1.29 is 0 Å². The number of piperazine rings is 1. The molecular formula is C23H29N5O. The molecule has 0 radical (unpaired) electrons.